The van der Waals surface area contributed by atoms with Gasteiger partial charge in [-0.2, -0.15) is 8.78 Å². The molecule has 1 atom stereocenters. The fourth-order valence-electron chi connectivity index (χ4n) is 2.34. The van der Waals surface area contributed by atoms with Crippen LogP contribution in [0.5, 0.6) is 11.5 Å². The highest BCUT2D eigenvalue weighted by molar-refractivity contribution is 5.89. The normalized spacial score (nSPS) is 17.2. The molecule has 1 saturated heterocycles. The van der Waals surface area contributed by atoms with E-state index in [0.29, 0.717) is 18.8 Å². The van der Waals surface area contributed by atoms with Gasteiger partial charge in [-0.1, -0.05) is 0 Å². The predicted molar refractivity (Wildman–Crippen MR) is 80.2 cm³/mol. The minimum absolute atomic E-state index is 0.0411. The number of likely N-dealkylation sites (N-methyl/N-ethyl adjacent to an activating group) is 1. The van der Waals surface area contributed by atoms with E-state index in [1.54, 1.807) is 13.1 Å². The average Bonchev–Trinajstić information content (AvgIpc) is 2.99. The number of hydrogen-bond acceptors (Lipinski definition) is 4. The van der Waals surface area contributed by atoms with Gasteiger partial charge in [0.05, 0.1) is 13.2 Å². The van der Waals surface area contributed by atoms with Gasteiger partial charge in [0.2, 0.25) is 0 Å². The third-order valence-corrected chi connectivity index (χ3v) is 3.48. The summed E-state index contributed by atoms with van der Waals surface area (Å²) in [5, 5.41) is 2.63. The van der Waals surface area contributed by atoms with Gasteiger partial charge in [-0.15, -0.1) is 0 Å². The Morgan fingerprint density at radius 2 is 2.26 bits per heavy atom. The van der Waals surface area contributed by atoms with Crippen molar-refractivity contribution in [3.63, 3.8) is 0 Å². The van der Waals surface area contributed by atoms with Gasteiger partial charge in [0.1, 0.15) is 0 Å². The molecule has 0 aliphatic carbocycles. The predicted octanol–water partition coefficient (Wildman–Crippen LogP) is 2.94. The average molecular weight is 330 g/mol. The Morgan fingerprint density at radius 3 is 2.87 bits per heavy atom. The summed E-state index contributed by atoms with van der Waals surface area (Å²) in [7, 11) is 3.00. The summed E-state index contributed by atoms with van der Waals surface area (Å²) in [4.78, 5) is 13.6. The number of methoxy groups -OCH3 is 1. The van der Waals surface area contributed by atoms with Gasteiger partial charge in [-0.3, -0.25) is 0 Å². The van der Waals surface area contributed by atoms with Crippen LogP contribution in [0.25, 0.3) is 0 Å². The minimum atomic E-state index is -2.97. The molecule has 0 saturated carbocycles. The fourth-order valence-corrected chi connectivity index (χ4v) is 2.34. The molecule has 1 heterocycles. The van der Waals surface area contributed by atoms with Crippen LogP contribution < -0.4 is 14.8 Å². The van der Waals surface area contributed by atoms with E-state index in [-0.39, 0.29) is 23.6 Å². The summed E-state index contributed by atoms with van der Waals surface area (Å²) in [6.07, 6.45) is 1.96. The van der Waals surface area contributed by atoms with Crippen LogP contribution in [-0.4, -0.2) is 51.0 Å². The molecule has 0 aromatic heterocycles. The molecule has 8 heteroatoms. The summed E-state index contributed by atoms with van der Waals surface area (Å²) in [5.41, 5.74) is 0.339. The smallest absolute Gasteiger partial charge is 0.387 e. The van der Waals surface area contributed by atoms with Gasteiger partial charge in [-0.05, 0) is 25.0 Å². The van der Waals surface area contributed by atoms with Crippen molar-refractivity contribution in [1.29, 1.82) is 0 Å². The highest BCUT2D eigenvalue weighted by Gasteiger charge is 2.20. The number of anilines is 1. The molecule has 1 aromatic carbocycles. The van der Waals surface area contributed by atoms with E-state index < -0.39 is 6.61 Å². The van der Waals surface area contributed by atoms with Crippen molar-refractivity contribution in [3.05, 3.63) is 18.2 Å². The third-order valence-electron chi connectivity index (χ3n) is 3.48. The monoisotopic (exact) mass is 330 g/mol. The van der Waals surface area contributed by atoms with Crippen molar-refractivity contribution >= 4 is 11.7 Å². The second-order valence-corrected chi connectivity index (χ2v) is 5.19. The summed E-state index contributed by atoms with van der Waals surface area (Å²) in [6.45, 7) is -1.79. The lowest BCUT2D eigenvalue weighted by Gasteiger charge is -2.21. The molecule has 128 valence electrons. The molecule has 23 heavy (non-hydrogen) atoms. The quantitative estimate of drug-likeness (QED) is 0.871. The first-order valence-electron chi connectivity index (χ1n) is 7.26. The molecule has 0 bridgehead atoms. The van der Waals surface area contributed by atoms with Gasteiger partial charge >= 0.3 is 12.6 Å². The van der Waals surface area contributed by atoms with Gasteiger partial charge in [0.25, 0.3) is 0 Å². The van der Waals surface area contributed by atoms with Crippen molar-refractivity contribution in [2.45, 2.75) is 25.6 Å². The number of ether oxygens (including phenoxy) is 3. The van der Waals surface area contributed by atoms with Crippen LogP contribution in [0.1, 0.15) is 12.8 Å². The second-order valence-electron chi connectivity index (χ2n) is 5.19. The first-order valence-corrected chi connectivity index (χ1v) is 7.26. The number of carbonyl (C=O) groups is 1. The Hall–Kier alpha value is -2.09. The fraction of sp³-hybridized carbons (Fsp3) is 0.533. The molecule has 0 unspecified atom stereocenters. The first kappa shape index (κ1) is 17.3. The van der Waals surface area contributed by atoms with Crippen LogP contribution in [0.4, 0.5) is 19.3 Å². The van der Waals surface area contributed by atoms with E-state index in [4.69, 9.17) is 9.47 Å². The summed E-state index contributed by atoms with van der Waals surface area (Å²) in [6, 6.07) is 3.94. The molecule has 1 aromatic rings. The maximum atomic E-state index is 12.4. The number of nitrogens with zero attached hydrogens (tertiary/aromatic N) is 1. The van der Waals surface area contributed by atoms with Crippen LogP contribution in [0.3, 0.4) is 0 Å². The number of urea groups is 1. The maximum absolute atomic E-state index is 12.4. The highest BCUT2D eigenvalue weighted by Crippen LogP contribution is 2.31. The van der Waals surface area contributed by atoms with E-state index in [2.05, 4.69) is 10.1 Å². The lowest BCUT2D eigenvalue weighted by molar-refractivity contribution is -0.0511. The molecule has 2 rings (SSSR count). The first-order chi connectivity index (χ1) is 11.0. The molecule has 1 fully saturated rings. The molecule has 2 amide bonds. The van der Waals surface area contributed by atoms with Crippen molar-refractivity contribution in [1.82, 2.24) is 4.90 Å². The Kier molecular flexibility index (Phi) is 5.97. The van der Waals surface area contributed by atoms with Crippen molar-refractivity contribution in [2.24, 2.45) is 0 Å². The molecule has 1 aliphatic heterocycles. The highest BCUT2D eigenvalue weighted by atomic mass is 19.3. The van der Waals surface area contributed by atoms with Crippen LogP contribution in [-0.2, 0) is 4.74 Å². The van der Waals surface area contributed by atoms with E-state index >= 15 is 0 Å². The molecule has 6 nitrogen and oxygen atoms in total. The molecule has 1 N–H and O–H groups in total. The number of benzene rings is 1. The summed E-state index contributed by atoms with van der Waals surface area (Å²) >= 11 is 0. The minimum Gasteiger partial charge on any atom is -0.493 e. The van der Waals surface area contributed by atoms with E-state index in [1.807, 2.05) is 0 Å². The molecular weight excluding hydrogens is 310 g/mol. The standard InChI is InChI=1S/C15H20F2N2O4/c1-19(9-11-4-3-7-22-11)15(20)18-10-5-6-12(21-2)13(8-10)23-14(16)17/h5-6,8,11,14H,3-4,7,9H2,1-2H3,(H,18,20)/t11-/m0/s1. The number of alkyl halides is 2. The van der Waals surface area contributed by atoms with Gasteiger partial charge < -0.3 is 24.4 Å². The lowest BCUT2D eigenvalue weighted by atomic mass is 10.2. The van der Waals surface area contributed by atoms with Crippen LogP contribution in [0.15, 0.2) is 18.2 Å². The SMILES string of the molecule is COc1ccc(NC(=O)N(C)C[C@@H]2CCCO2)cc1OC(F)F. The van der Waals surface area contributed by atoms with Crippen molar-refractivity contribution < 1.29 is 27.8 Å². The lowest BCUT2D eigenvalue weighted by Crippen LogP contribution is -2.37. The Balaban J connectivity index is 1.99. The Bertz CT molecular complexity index is 536. The third kappa shape index (κ3) is 4.95. The summed E-state index contributed by atoms with van der Waals surface area (Å²) < 4.78 is 39.6. The zero-order valence-corrected chi connectivity index (χ0v) is 13.1. The second kappa shape index (κ2) is 7.96. The van der Waals surface area contributed by atoms with Gasteiger partial charge in [0, 0.05) is 32.0 Å². The van der Waals surface area contributed by atoms with Gasteiger partial charge in [0.15, 0.2) is 11.5 Å². The summed E-state index contributed by atoms with van der Waals surface area (Å²) in [5.74, 6) is 0.0260. The van der Waals surface area contributed by atoms with Crippen molar-refractivity contribution in [3.8, 4) is 11.5 Å². The van der Waals surface area contributed by atoms with E-state index in [1.165, 1.54) is 24.1 Å². The Morgan fingerprint density at radius 1 is 1.48 bits per heavy atom. The molecular formula is C15H20F2N2O4. The van der Waals surface area contributed by atoms with Crippen LogP contribution >= 0.6 is 0 Å². The molecule has 1 aliphatic rings. The van der Waals surface area contributed by atoms with Crippen LogP contribution in [0, 0.1) is 0 Å². The zero-order valence-electron chi connectivity index (χ0n) is 13.1. The number of nitrogens with one attached hydrogen (secondary N) is 1. The van der Waals surface area contributed by atoms with Gasteiger partial charge in [-0.25, -0.2) is 4.79 Å². The Labute approximate surface area is 133 Å². The number of rotatable bonds is 6. The number of halogens is 2. The maximum Gasteiger partial charge on any atom is 0.387 e. The van der Waals surface area contributed by atoms with E-state index in [9.17, 15) is 13.6 Å². The zero-order chi connectivity index (χ0) is 16.8. The largest absolute Gasteiger partial charge is 0.493 e. The topological polar surface area (TPSA) is 60.0 Å². The van der Waals surface area contributed by atoms with Crippen LogP contribution in [0.2, 0.25) is 0 Å². The molecule has 0 radical (unpaired) electrons. The number of amides is 2. The number of carbonyl (C=O) groups excluding carboxylic acids is 1. The number of hydrogen-bond donors (Lipinski definition) is 1. The van der Waals surface area contributed by atoms with Crippen molar-refractivity contribution in [2.75, 3.05) is 32.6 Å². The molecule has 0 spiro atoms. The van der Waals surface area contributed by atoms with E-state index in [0.717, 1.165) is 12.8 Å².